The van der Waals surface area contributed by atoms with E-state index in [0.29, 0.717) is 6.04 Å². The summed E-state index contributed by atoms with van der Waals surface area (Å²) in [7, 11) is 0. The molecule has 2 rings (SSSR count). The highest BCUT2D eigenvalue weighted by Gasteiger charge is 2.27. The summed E-state index contributed by atoms with van der Waals surface area (Å²) in [5.74, 6) is -0.732. The first-order chi connectivity index (χ1) is 9.49. The van der Waals surface area contributed by atoms with Gasteiger partial charge < -0.3 is 5.11 Å². The van der Waals surface area contributed by atoms with Gasteiger partial charge in [0.1, 0.15) is 6.04 Å². The smallest absolute Gasteiger partial charge is 0.320 e. The first-order valence-electron chi connectivity index (χ1n) is 6.95. The van der Waals surface area contributed by atoms with E-state index in [2.05, 4.69) is 58.7 Å². The van der Waals surface area contributed by atoms with Gasteiger partial charge >= 0.3 is 5.97 Å². The number of rotatable bonds is 4. The number of halogens is 1. The van der Waals surface area contributed by atoms with Crippen LogP contribution in [0.1, 0.15) is 25.5 Å². The molecule has 1 saturated heterocycles. The van der Waals surface area contributed by atoms with E-state index in [1.165, 1.54) is 9.13 Å². The van der Waals surface area contributed by atoms with Gasteiger partial charge in [-0.15, -0.1) is 0 Å². The van der Waals surface area contributed by atoms with Gasteiger partial charge in [0, 0.05) is 35.8 Å². The fraction of sp³-hybridized carbons (Fsp3) is 0.533. The molecule has 0 aromatic heterocycles. The third kappa shape index (κ3) is 3.71. The van der Waals surface area contributed by atoms with Crippen LogP contribution in [0.15, 0.2) is 24.3 Å². The van der Waals surface area contributed by atoms with Crippen molar-refractivity contribution in [1.29, 1.82) is 0 Å². The molecule has 0 saturated carbocycles. The van der Waals surface area contributed by atoms with Crippen LogP contribution in [0.5, 0.6) is 0 Å². The Morgan fingerprint density at radius 2 is 1.60 bits per heavy atom. The predicted molar refractivity (Wildman–Crippen MR) is 87.8 cm³/mol. The number of benzene rings is 1. The van der Waals surface area contributed by atoms with Crippen molar-refractivity contribution >= 4 is 28.6 Å². The molecule has 1 aliphatic heterocycles. The lowest BCUT2D eigenvalue weighted by Gasteiger charge is -2.39. The highest BCUT2D eigenvalue weighted by atomic mass is 127. The van der Waals surface area contributed by atoms with Crippen LogP contribution in [0.25, 0.3) is 0 Å². The van der Waals surface area contributed by atoms with E-state index in [9.17, 15) is 4.79 Å². The second kappa shape index (κ2) is 6.87. The van der Waals surface area contributed by atoms with Crippen molar-refractivity contribution in [3.05, 3.63) is 33.4 Å². The van der Waals surface area contributed by atoms with E-state index < -0.39 is 5.97 Å². The number of carboxylic acids is 1. The zero-order valence-corrected chi connectivity index (χ0v) is 14.1. The molecular weight excluding hydrogens is 367 g/mol. The van der Waals surface area contributed by atoms with Crippen LogP contribution in [-0.4, -0.2) is 53.1 Å². The van der Waals surface area contributed by atoms with Gasteiger partial charge in [-0.2, -0.15) is 0 Å². The van der Waals surface area contributed by atoms with Crippen molar-refractivity contribution in [3.63, 3.8) is 0 Å². The number of aliphatic carboxylic acids is 1. The van der Waals surface area contributed by atoms with E-state index in [1.807, 2.05) is 4.90 Å². The topological polar surface area (TPSA) is 43.8 Å². The second-order valence-electron chi connectivity index (χ2n) is 5.31. The van der Waals surface area contributed by atoms with Gasteiger partial charge in [0.15, 0.2) is 0 Å². The summed E-state index contributed by atoms with van der Waals surface area (Å²) in [6, 6.07) is 8.63. The molecule has 2 atom stereocenters. The molecule has 1 N–H and O–H groups in total. The van der Waals surface area contributed by atoms with Crippen molar-refractivity contribution in [3.8, 4) is 0 Å². The summed E-state index contributed by atoms with van der Waals surface area (Å²) in [6.07, 6.45) is 0. The number of nitrogens with zero attached hydrogens (tertiary/aromatic N) is 2. The molecule has 1 heterocycles. The van der Waals surface area contributed by atoms with Crippen LogP contribution in [0, 0.1) is 3.57 Å². The van der Waals surface area contributed by atoms with Crippen molar-refractivity contribution in [1.82, 2.24) is 9.80 Å². The number of hydrogen-bond acceptors (Lipinski definition) is 3. The van der Waals surface area contributed by atoms with Crippen molar-refractivity contribution < 1.29 is 9.90 Å². The van der Waals surface area contributed by atoms with E-state index in [0.717, 1.165) is 26.2 Å². The van der Waals surface area contributed by atoms with E-state index in [4.69, 9.17) is 5.11 Å². The fourth-order valence-corrected chi connectivity index (χ4v) is 2.98. The number of hydrogen-bond donors (Lipinski definition) is 1. The highest BCUT2D eigenvalue weighted by Crippen LogP contribution is 2.22. The van der Waals surface area contributed by atoms with Crippen molar-refractivity contribution in [2.24, 2.45) is 0 Å². The monoisotopic (exact) mass is 388 g/mol. The average Bonchev–Trinajstić information content (AvgIpc) is 2.46. The summed E-state index contributed by atoms with van der Waals surface area (Å²) in [6.45, 7) is 7.47. The molecule has 20 heavy (non-hydrogen) atoms. The quantitative estimate of drug-likeness (QED) is 0.805. The molecule has 0 bridgehead atoms. The Kier molecular flexibility index (Phi) is 5.40. The summed E-state index contributed by atoms with van der Waals surface area (Å²) in [5, 5.41) is 9.06. The largest absolute Gasteiger partial charge is 0.480 e. The molecule has 1 aromatic carbocycles. The van der Waals surface area contributed by atoms with Gasteiger partial charge in [0.2, 0.25) is 0 Å². The minimum atomic E-state index is -0.732. The highest BCUT2D eigenvalue weighted by molar-refractivity contribution is 14.1. The molecule has 1 aliphatic rings. The third-order valence-electron chi connectivity index (χ3n) is 4.15. The van der Waals surface area contributed by atoms with Crippen LogP contribution in [0.3, 0.4) is 0 Å². The van der Waals surface area contributed by atoms with Crippen molar-refractivity contribution in [2.45, 2.75) is 25.9 Å². The second-order valence-corrected chi connectivity index (χ2v) is 6.56. The van der Waals surface area contributed by atoms with Gasteiger partial charge in [0.25, 0.3) is 0 Å². The van der Waals surface area contributed by atoms with Crippen LogP contribution in [0.2, 0.25) is 0 Å². The minimum absolute atomic E-state index is 0.384. The zero-order valence-electron chi connectivity index (χ0n) is 11.9. The van der Waals surface area contributed by atoms with E-state index in [-0.39, 0.29) is 6.04 Å². The van der Waals surface area contributed by atoms with Gasteiger partial charge in [-0.3, -0.25) is 14.6 Å². The maximum atomic E-state index is 11.0. The Bertz CT molecular complexity index is 455. The van der Waals surface area contributed by atoms with Gasteiger partial charge in [-0.1, -0.05) is 12.1 Å². The molecule has 0 amide bonds. The molecule has 5 heteroatoms. The minimum Gasteiger partial charge on any atom is -0.480 e. The molecule has 0 aliphatic carbocycles. The van der Waals surface area contributed by atoms with Crippen molar-refractivity contribution in [2.75, 3.05) is 26.2 Å². The molecule has 2 unspecified atom stereocenters. The SMILES string of the molecule is CC(C(=O)O)N1CCN(C(C)c2ccc(I)cc2)CC1. The van der Waals surface area contributed by atoms with Crippen LogP contribution < -0.4 is 0 Å². The van der Waals surface area contributed by atoms with E-state index in [1.54, 1.807) is 6.92 Å². The maximum absolute atomic E-state index is 11.0. The summed E-state index contributed by atoms with van der Waals surface area (Å²) in [4.78, 5) is 15.5. The molecule has 1 aromatic rings. The van der Waals surface area contributed by atoms with Gasteiger partial charge in [-0.25, -0.2) is 0 Å². The lowest BCUT2D eigenvalue weighted by molar-refractivity contribution is -0.143. The molecule has 110 valence electrons. The number of carbonyl (C=O) groups is 1. The van der Waals surface area contributed by atoms with Gasteiger partial charge in [-0.05, 0) is 54.1 Å². The predicted octanol–water partition coefficient (Wildman–Crippen LogP) is 2.44. The lowest BCUT2D eigenvalue weighted by Crippen LogP contribution is -2.52. The standard InChI is InChI=1S/C15H21IN2O2/c1-11(13-3-5-14(16)6-4-13)17-7-9-18(10-8-17)12(2)15(19)20/h3-6,11-12H,7-10H2,1-2H3,(H,19,20). The van der Waals surface area contributed by atoms with Gasteiger partial charge in [0.05, 0.1) is 0 Å². The maximum Gasteiger partial charge on any atom is 0.320 e. The number of carboxylic acid groups (broad SMARTS) is 1. The van der Waals surface area contributed by atoms with Crippen LogP contribution in [-0.2, 0) is 4.79 Å². The normalized spacial score (nSPS) is 20.6. The Morgan fingerprint density at radius 1 is 1.10 bits per heavy atom. The molecular formula is C15H21IN2O2. The van der Waals surface area contributed by atoms with E-state index >= 15 is 0 Å². The summed E-state index contributed by atoms with van der Waals surface area (Å²) < 4.78 is 1.25. The zero-order chi connectivity index (χ0) is 14.7. The Balaban J connectivity index is 1.93. The Labute approximate surface area is 133 Å². The molecule has 4 nitrogen and oxygen atoms in total. The molecule has 0 spiro atoms. The Hall–Kier alpha value is -0.660. The lowest BCUT2D eigenvalue weighted by atomic mass is 10.1. The summed E-state index contributed by atoms with van der Waals surface area (Å²) >= 11 is 2.31. The first-order valence-corrected chi connectivity index (χ1v) is 8.03. The first kappa shape index (κ1) is 15.7. The third-order valence-corrected chi connectivity index (χ3v) is 4.87. The summed E-state index contributed by atoms with van der Waals surface area (Å²) in [5.41, 5.74) is 1.32. The van der Waals surface area contributed by atoms with Crippen LogP contribution in [0.4, 0.5) is 0 Å². The average molecular weight is 388 g/mol. The molecule has 1 fully saturated rings. The molecule has 0 radical (unpaired) electrons. The number of piperazine rings is 1. The Morgan fingerprint density at radius 3 is 2.10 bits per heavy atom. The fourth-order valence-electron chi connectivity index (χ4n) is 2.62. The van der Waals surface area contributed by atoms with Crippen LogP contribution >= 0.6 is 22.6 Å².